The monoisotopic (exact) mass is 361 g/mol. The van der Waals surface area contributed by atoms with Gasteiger partial charge in [0.15, 0.2) is 6.29 Å². The standard InChI is InChI=1S/C14H17NO.C6H14O2.C2H4/c16-14-9-7-12-6-8-13(14)15(12)10-11-4-2-1-3-5-11;1-4-7-6(3)8-5-2;1-2/h1-5,12-13H,6-10H2;6H,4-5H2,1-3H3;1-2H2. The van der Waals surface area contributed by atoms with E-state index in [-0.39, 0.29) is 12.3 Å². The molecular weight excluding hydrogens is 326 g/mol. The van der Waals surface area contributed by atoms with Gasteiger partial charge in [-0.2, -0.15) is 0 Å². The van der Waals surface area contributed by atoms with Crippen molar-refractivity contribution in [3.05, 3.63) is 49.1 Å². The van der Waals surface area contributed by atoms with Gasteiger partial charge in [0.2, 0.25) is 0 Å². The molecule has 2 aliphatic rings. The Hall–Kier alpha value is -1.49. The van der Waals surface area contributed by atoms with E-state index in [4.69, 9.17) is 9.47 Å². The molecular formula is C22H35NO3. The summed E-state index contributed by atoms with van der Waals surface area (Å²) in [5.74, 6) is 0.463. The first-order chi connectivity index (χ1) is 12.7. The van der Waals surface area contributed by atoms with Gasteiger partial charge in [-0.15, -0.1) is 13.2 Å². The lowest BCUT2D eigenvalue weighted by molar-refractivity contribution is -0.126. The van der Waals surface area contributed by atoms with Gasteiger partial charge in [-0.3, -0.25) is 9.69 Å². The third-order valence-electron chi connectivity index (χ3n) is 4.75. The topological polar surface area (TPSA) is 38.8 Å². The molecule has 0 spiro atoms. The number of ether oxygens (including phenoxy) is 2. The van der Waals surface area contributed by atoms with Crippen LogP contribution in [-0.2, 0) is 20.8 Å². The van der Waals surface area contributed by atoms with Crippen molar-refractivity contribution in [3.8, 4) is 0 Å². The normalized spacial score (nSPS) is 21.6. The van der Waals surface area contributed by atoms with Crippen molar-refractivity contribution in [2.75, 3.05) is 13.2 Å². The highest BCUT2D eigenvalue weighted by Crippen LogP contribution is 2.34. The van der Waals surface area contributed by atoms with Crippen molar-refractivity contribution >= 4 is 5.78 Å². The van der Waals surface area contributed by atoms with E-state index in [1.807, 2.05) is 26.8 Å². The van der Waals surface area contributed by atoms with Crippen LogP contribution in [0.25, 0.3) is 0 Å². The molecule has 4 nitrogen and oxygen atoms in total. The number of hydrogen-bond donors (Lipinski definition) is 0. The summed E-state index contributed by atoms with van der Waals surface area (Å²) in [5, 5.41) is 0. The molecule has 2 atom stereocenters. The van der Waals surface area contributed by atoms with Gasteiger partial charge in [-0.25, -0.2) is 0 Å². The Morgan fingerprint density at radius 1 is 1.08 bits per heavy atom. The first-order valence-corrected chi connectivity index (χ1v) is 9.71. The Morgan fingerprint density at radius 3 is 2.27 bits per heavy atom. The second-order valence-corrected chi connectivity index (χ2v) is 6.39. The predicted molar refractivity (Wildman–Crippen MR) is 107 cm³/mol. The van der Waals surface area contributed by atoms with E-state index in [1.54, 1.807) is 0 Å². The van der Waals surface area contributed by atoms with Gasteiger partial charge in [0.25, 0.3) is 0 Å². The van der Waals surface area contributed by atoms with Crippen LogP contribution in [0.15, 0.2) is 43.5 Å². The summed E-state index contributed by atoms with van der Waals surface area (Å²) in [6, 6.07) is 11.4. The van der Waals surface area contributed by atoms with Crippen molar-refractivity contribution in [3.63, 3.8) is 0 Å². The average Bonchev–Trinajstić information content (AvgIpc) is 2.95. The maximum absolute atomic E-state index is 11.8. The number of carbonyl (C=O) groups excluding carboxylic acids is 1. The number of fused-ring (bicyclic) bond motifs is 2. The maximum Gasteiger partial charge on any atom is 0.154 e. The first-order valence-electron chi connectivity index (χ1n) is 9.71. The highest BCUT2D eigenvalue weighted by atomic mass is 16.7. The van der Waals surface area contributed by atoms with Crippen LogP contribution >= 0.6 is 0 Å². The van der Waals surface area contributed by atoms with Crippen LogP contribution in [0.3, 0.4) is 0 Å². The molecule has 2 unspecified atom stereocenters. The summed E-state index contributed by atoms with van der Waals surface area (Å²) >= 11 is 0. The van der Waals surface area contributed by atoms with Crippen LogP contribution in [0.5, 0.6) is 0 Å². The number of rotatable bonds is 6. The Kier molecular flexibility index (Phi) is 11.1. The van der Waals surface area contributed by atoms with Gasteiger partial charge in [0, 0.05) is 32.2 Å². The van der Waals surface area contributed by atoms with Crippen LogP contribution in [-0.4, -0.2) is 42.3 Å². The molecule has 1 aromatic carbocycles. The number of benzene rings is 1. The molecule has 4 heteroatoms. The van der Waals surface area contributed by atoms with Gasteiger partial charge < -0.3 is 9.47 Å². The molecule has 0 radical (unpaired) electrons. The number of ketones is 1. The lowest BCUT2D eigenvalue weighted by Gasteiger charge is -2.33. The van der Waals surface area contributed by atoms with E-state index >= 15 is 0 Å². The lowest BCUT2D eigenvalue weighted by atomic mass is 10.0. The van der Waals surface area contributed by atoms with Crippen molar-refractivity contribution in [2.45, 2.75) is 71.4 Å². The molecule has 0 N–H and O–H groups in total. The van der Waals surface area contributed by atoms with Crippen molar-refractivity contribution < 1.29 is 14.3 Å². The number of nitrogens with zero attached hydrogens (tertiary/aromatic N) is 1. The van der Waals surface area contributed by atoms with Crippen LogP contribution in [0, 0.1) is 0 Å². The Bertz CT molecular complexity index is 499. The third kappa shape index (κ3) is 7.02. The van der Waals surface area contributed by atoms with Gasteiger partial charge in [-0.05, 0) is 45.6 Å². The quantitative estimate of drug-likeness (QED) is 0.549. The van der Waals surface area contributed by atoms with E-state index in [9.17, 15) is 4.79 Å². The lowest BCUT2D eigenvalue weighted by Crippen LogP contribution is -2.44. The van der Waals surface area contributed by atoms with Crippen molar-refractivity contribution in [1.29, 1.82) is 0 Å². The fourth-order valence-electron chi connectivity index (χ4n) is 3.62. The summed E-state index contributed by atoms with van der Waals surface area (Å²) in [5.41, 5.74) is 1.33. The van der Waals surface area contributed by atoms with E-state index in [2.05, 4.69) is 42.3 Å². The van der Waals surface area contributed by atoms with Crippen LogP contribution < -0.4 is 0 Å². The minimum absolute atomic E-state index is 0.0370. The summed E-state index contributed by atoms with van der Waals surface area (Å²) < 4.78 is 10.1. The molecule has 26 heavy (non-hydrogen) atoms. The third-order valence-corrected chi connectivity index (χ3v) is 4.75. The van der Waals surface area contributed by atoms with Gasteiger partial charge in [0.05, 0.1) is 6.04 Å². The molecule has 2 heterocycles. The number of carbonyl (C=O) groups is 1. The largest absolute Gasteiger partial charge is 0.353 e. The van der Waals surface area contributed by atoms with E-state index in [0.717, 1.165) is 39.0 Å². The highest BCUT2D eigenvalue weighted by Gasteiger charge is 2.41. The summed E-state index contributed by atoms with van der Waals surface area (Å²) in [4.78, 5) is 14.2. The number of piperidine rings is 1. The molecule has 2 bridgehead atoms. The van der Waals surface area contributed by atoms with Crippen LogP contribution in [0.4, 0.5) is 0 Å². The maximum atomic E-state index is 11.8. The summed E-state index contributed by atoms with van der Waals surface area (Å²) in [6.45, 7) is 14.2. The highest BCUT2D eigenvalue weighted by molar-refractivity contribution is 5.85. The molecule has 2 fully saturated rings. The SMILES string of the molecule is C=C.CCOC(C)OCC.O=C1CCC2CCC1N2Cc1ccccc1. The van der Waals surface area contributed by atoms with E-state index in [1.165, 1.54) is 12.0 Å². The zero-order valence-electron chi connectivity index (χ0n) is 16.7. The molecule has 1 aromatic rings. The van der Waals surface area contributed by atoms with Crippen molar-refractivity contribution in [1.82, 2.24) is 4.90 Å². The minimum Gasteiger partial charge on any atom is -0.353 e. The average molecular weight is 362 g/mol. The Balaban J connectivity index is 0.000000290. The summed E-state index contributed by atoms with van der Waals surface area (Å²) in [6.07, 6.45) is 4.13. The molecule has 0 aliphatic carbocycles. The molecule has 2 aliphatic heterocycles. The molecule has 0 aromatic heterocycles. The fourth-order valence-corrected chi connectivity index (χ4v) is 3.62. The van der Waals surface area contributed by atoms with Crippen LogP contribution in [0.2, 0.25) is 0 Å². The number of hydrogen-bond acceptors (Lipinski definition) is 4. The van der Waals surface area contributed by atoms with Gasteiger partial charge in [0.1, 0.15) is 5.78 Å². The molecule has 0 amide bonds. The molecule has 2 saturated heterocycles. The molecule has 146 valence electrons. The zero-order valence-corrected chi connectivity index (χ0v) is 16.7. The molecule has 3 rings (SSSR count). The van der Waals surface area contributed by atoms with Crippen LogP contribution in [0.1, 0.15) is 52.0 Å². The first kappa shape index (κ1) is 22.6. The zero-order chi connectivity index (χ0) is 19.4. The van der Waals surface area contributed by atoms with Gasteiger partial charge in [-0.1, -0.05) is 30.3 Å². The second-order valence-electron chi connectivity index (χ2n) is 6.39. The fraction of sp³-hybridized carbons (Fsp3) is 0.591. The van der Waals surface area contributed by atoms with E-state index < -0.39 is 0 Å². The smallest absolute Gasteiger partial charge is 0.154 e. The van der Waals surface area contributed by atoms with Gasteiger partial charge >= 0.3 is 0 Å². The Morgan fingerprint density at radius 2 is 1.69 bits per heavy atom. The minimum atomic E-state index is -0.0370. The number of Topliss-reactive ketones (excluding diaryl/α,β-unsaturated/α-hetero) is 1. The summed E-state index contributed by atoms with van der Waals surface area (Å²) in [7, 11) is 0. The van der Waals surface area contributed by atoms with Crippen molar-refractivity contribution in [2.24, 2.45) is 0 Å². The second kappa shape index (κ2) is 12.8. The molecule has 0 saturated carbocycles. The Labute approximate surface area is 159 Å². The predicted octanol–water partition coefficient (Wildman–Crippen LogP) is 4.59. The van der Waals surface area contributed by atoms with E-state index in [0.29, 0.717) is 11.8 Å².